The maximum absolute atomic E-state index is 11.9. The second-order valence-corrected chi connectivity index (χ2v) is 6.28. The van der Waals surface area contributed by atoms with Crippen LogP contribution in [0.1, 0.15) is 16.7 Å². The van der Waals surface area contributed by atoms with Gasteiger partial charge in [-0.15, -0.1) is 0 Å². The highest BCUT2D eigenvalue weighted by Crippen LogP contribution is 2.37. The van der Waals surface area contributed by atoms with Crippen LogP contribution in [0.2, 0.25) is 5.02 Å². The second kappa shape index (κ2) is 8.10. The van der Waals surface area contributed by atoms with Crippen molar-refractivity contribution in [3.05, 3.63) is 52.0 Å². The number of hydrazone groups is 1. The maximum Gasteiger partial charge on any atom is 0.277 e. The Labute approximate surface area is 156 Å². The molecule has 1 heterocycles. The van der Waals surface area contributed by atoms with Crippen molar-refractivity contribution >= 4 is 23.7 Å². The first-order valence-electron chi connectivity index (χ1n) is 8.14. The highest BCUT2D eigenvalue weighted by molar-refractivity contribution is 6.32. The van der Waals surface area contributed by atoms with Crippen LogP contribution in [-0.2, 0) is 4.79 Å². The molecular formula is C19H19ClN2O4. The summed E-state index contributed by atoms with van der Waals surface area (Å²) < 4.78 is 16.5. The normalized spacial score (nSPS) is 12.9. The Hall–Kier alpha value is -2.73. The van der Waals surface area contributed by atoms with E-state index in [2.05, 4.69) is 10.5 Å². The lowest BCUT2D eigenvalue weighted by molar-refractivity contribution is -0.123. The van der Waals surface area contributed by atoms with E-state index in [4.69, 9.17) is 25.8 Å². The van der Waals surface area contributed by atoms with E-state index in [1.165, 1.54) is 6.21 Å². The van der Waals surface area contributed by atoms with Gasteiger partial charge in [-0.1, -0.05) is 23.7 Å². The first kappa shape index (κ1) is 18.1. The zero-order valence-electron chi connectivity index (χ0n) is 14.5. The Kier molecular flexibility index (Phi) is 5.63. The van der Waals surface area contributed by atoms with Crippen molar-refractivity contribution in [1.82, 2.24) is 5.43 Å². The number of aryl methyl sites for hydroxylation is 2. The Morgan fingerprint density at radius 3 is 2.92 bits per heavy atom. The molecule has 2 aromatic carbocycles. The van der Waals surface area contributed by atoms with Gasteiger partial charge in [0, 0.05) is 0 Å². The summed E-state index contributed by atoms with van der Waals surface area (Å²) in [6, 6.07) is 9.28. The lowest BCUT2D eigenvalue weighted by Crippen LogP contribution is -2.24. The molecule has 0 radical (unpaired) electrons. The summed E-state index contributed by atoms with van der Waals surface area (Å²) in [6.07, 6.45) is 1.49. The number of carbonyl (C=O) groups is 1. The van der Waals surface area contributed by atoms with Crippen LogP contribution in [0.4, 0.5) is 0 Å². The molecular weight excluding hydrogens is 356 g/mol. The van der Waals surface area contributed by atoms with E-state index in [9.17, 15) is 4.79 Å². The monoisotopic (exact) mass is 374 g/mol. The fourth-order valence-corrected chi connectivity index (χ4v) is 2.70. The third-order valence-electron chi connectivity index (χ3n) is 3.72. The predicted molar refractivity (Wildman–Crippen MR) is 99.6 cm³/mol. The Morgan fingerprint density at radius 1 is 1.27 bits per heavy atom. The van der Waals surface area contributed by atoms with Crippen molar-refractivity contribution in [3.8, 4) is 17.2 Å². The summed E-state index contributed by atoms with van der Waals surface area (Å²) in [4.78, 5) is 11.9. The minimum atomic E-state index is -0.356. The molecule has 0 atom stereocenters. The van der Waals surface area contributed by atoms with Crippen LogP contribution in [0.3, 0.4) is 0 Å². The largest absolute Gasteiger partial charge is 0.486 e. The number of amides is 1. The van der Waals surface area contributed by atoms with Gasteiger partial charge in [0.1, 0.15) is 19.0 Å². The number of carbonyl (C=O) groups excluding carboxylic acids is 1. The Balaban J connectivity index is 1.56. The molecule has 0 aromatic heterocycles. The summed E-state index contributed by atoms with van der Waals surface area (Å²) in [5.41, 5.74) is 5.15. The molecule has 26 heavy (non-hydrogen) atoms. The van der Waals surface area contributed by atoms with Gasteiger partial charge in [0.2, 0.25) is 0 Å². The van der Waals surface area contributed by atoms with Gasteiger partial charge in [-0.05, 0) is 48.7 Å². The number of hydrogen-bond acceptors (Lipinski definition) is 5. The molecule has 0 bridgehead atoms. The molecule has 0 unspecified atom stereocenters. The molecule has 1 N–H and O–H groups in total. The third kappa shape index (κ3) is 4.46. The molecule has 1 amide bonds. The van der Waals surface area contributed by atoms with E-state index in [1.54, 1.807) is 12.1 Å². The molecule has 0 aliphatic carbocycles. The fraction of sp³-hybridized carbons (Fsp3) is 0.263. The summed E-state index contributed by atoms with van der Waals surface area (Å²) in [7, 11) is 0. The summed E-state index contributed by atoms with van der Waals surface area (Å²) in [5, 5.41) is 4.36. The number of hydrogen-bond donors (Lipinski definition) is 1. The average molecular weight is 375 g/mol. The molecule has 0 saturated heterocycles. The van der Waals surface area contributed by atoms with Gasteiger partial charge < -0.3 is 14.2 Å². The van der Waals surface area contributed by atoms with Gasteiger partial charge in [0.05, 0.1) is 11.2 Å². The van der Waals surface area contributed by atoms with Gasteiger partial charge in [0.25, 0.3) is 5.91 Å². The van der Waals surface area contributed by atoms with Gasteiger partial charge in [-0.3, -0.25) is 4.79 Å². The van der Waals surface area contributed by atoms with E-state index < -0.39 is 0 Å². The van der Waals surface area contributed by atoms with Crippen LogP contribution in [0.25, 0.3) is 0 Å². The molecule has 7 heteroatoms. The zero-order valence-corrected chi connectivity index (χ0v) is 15.3. The van der Waals surface area contributed by atoms with Gasteiger partial charge in [-0.2, -0.15) is 5.10 Å². The van der Waals surface area contributed by atoms with Gasteiger partial charge >= 0.3 is 0 Å². The van der Waals surface area contributed by atoms with Crippen molar-refractivity contribution < 1.29 is 19.0 Å². The number of rotatable bonds is 5. The second-order valence-electron chi connectivity index (χ2n) is 5.88. The molecule has 0 fully saturated rings. The predicted octanol–water partition coefficient (Wildman–Crippen LogP) is 3.26. The first-order valence-corrected chi connectivity index (χ1v) is 8.52. The Bertz CT molecular complexity index is 852. The molecule has 6 nitrogen and oxygen atoms in total. The maximum atomic E-state index is 11.9. The third-order valence-corrected chi connectivity index (χ3v) is 4.01. The first-order chi connectivity index (χ1) is 12.5. The number of fused-ring (bicyclic) bond motifs is 1. The van der Waals surface area contributed by atoms with Crippen LogP contribution in [0.5, 0.6) is 17.2 Å². The number of benzene rings is 2. The van der Waals surface area contributed by atoms with E-state index in [1.807, 2.05) is 32.0 Å². The highest BCUT2D eigenvalue weighted by atomic mass is 35.5. The number of halogens is 1. The molecule has 1 aliphatic heterocycles. The van der Waals surface area contributed by atoms with E-state index in [-0.39, 0.29) is 12.5 Å². The van der Waals surface area contributed by atoms with E-state index in [0.29, 0.717) is 41.0 Å². The molecule has 0 spiro atoms. The fourth-order valence-electron chi connectivity index (χ4n) is 2.42. The van der Waals surface area contributed by atoms with Crippen molar-refractivity contribution in [1.29, 1.82) is 0 Å². The zero-order chi connectivity index (χ0) is 18.5. The summed E-state index contributed by atoms with van der Waals surface area (Å²) >= 11 is 6.16. The van der Waals surface area contributed by atoms with Crippen molar-refractivity contribution in [3.63, 3.8) is 0 Å². The molecule has 0 saturated carbocycles. The molecule has 2 aromatic rings. The average Bonchev–Trinajstić information content (AvgIpc) is 2.62. The summed E-state index contributed by atoms with van der Waals surface area (Å²) in [6.45, 7) is 4.71. The quantitative estimate of drug-likeness (QED) is 0.644. The Morgan fingerprint density at radius 2 is 2.08 bits per heavy atom. The molecule has 136 valence electrons. The number of nitrogens with one attached hydrogen (secondary N) is 1. The molecule has 1 aliphatic rings. The van der Waals surface area contributed by atoms with Crippen molar-refractivity contribution in [2.75, 3.05) is 19.8 Å². The minimum absolute atomic E-state index is 0.121. The lowest BCUT2D eigenvalue weighted by Gasteiger charge is -2.19. The SMILES string of the molecule is Cc1ccc(C)c(OCC(=O)N/N=C\c2cc(Cl)c3c(c2)OCCO3)c1. The number of nitrogens with zero attached hydrogens (tertiary/aromatic N) is 1. The van der Waals surface area contributed by atoms with Crippen molar-refractivity contribution in [2.24, 2.45) is 5.10 Å². The lowest BCUT2D eigenvalue weighted by atomic mass is 10.1. The van der Waals surface area contributed by atoms with Crippen LogP contribution in [0, 0.1) is 13.8 Å². The minimum Gasteiger partial charge on any atom is -0.486 e. The smallest absolute Gasteiger partial charge is 0.277 e. The summed E-state index contributed by atoms with van der Waals surface area (Å²) in [5.74, 6) is 1.42. The van der Waals surface area contributed by atoms with Crippen LogP contribution in [-0.4, -0.2) is 31.9 Å². The van der Waals surface area contributed by atoms with Gasteiger partial charge in [0.15, 0.2) is 18.1 Å². The van der Waals surface area contributed by atoms with Gasteiger partial charge in [-0.25, -0.2) is 5.43 Å². The van der Waals surface area contributed by atoms with E-state index in [0.717, 1.165) is 11.1 Å². The molecule has 3 rings (SSSR count). The topological polar surface area (TPSA) is 69.2 Å². The highest BCUT2D eigenvalue weighted by Gasteiger charge is 2.16. The van der Waals surface area contributed by atoms with Crippen LogP contribution in [0.15, 0.2) is 35.4 Å². The van der Waals surface area contributed by atoms with E-state index >= 15 is 0 Å². The van der Waals surface area contributed by atoms with Crippen LogP contribution < -0.4 is 19.6 Å². The van der Waals surface area contributed by atoms with Crippen LogP contribution >= 0.6 is 11.6 Å². The number of ether oxygens (including phenoxy) is 3. The van der Waals surface area contributed by atoms with Crippen molar-refractivity contribution in [2.45, 2.75) is 13.8 Å². The standard InChI is InChI=1S/C19H19ClN2O4/c1-12-3-4-13(2)16(7-12)26-11-18(23)22-21-10-14-8-15(20)19-17(9-14)24-5-6-25-19/h3-4,7-10H,5-6,11H2,1-2H3,(H,22,23)/b21-10-.